The van der Waals surface area contributed by atoms with Crippen molar-refractivity contribution in [3.8, 4) is 5.75 Å². The second kappa shape index (κ2) is 9.24. The molecule has 0 saturated heterocycles. The van der Waals surface area contributed by atoms with Gasteiger partial charge in [0.1, 0.15) is 12.3 Å². The van der Waals surface area contributed by atoms with Crippen LogP contribution < -0.4 is 0 Å². The van der Waals surface area contributed by atoms with Crippen molar-refractivity contribution in [1.29, 1.82) is 0 Å². The van der Waals surface area contributed by atoms with Gasteiger partial charge in [0.15, 0.2) is 0 Å². The minimum Gasteiger partial charge on any atom is -0.507 e. The number of rotatable bonds is 5. The van der Waals surface area contributed by atoms with Gasteiger partial charge in [-0.25, -0.2) is 0 Å². The Labute approximate surface area is 151 Å². The molecule has 3 aromatic carbocycles. The number of nitrogens with zero attached hydrogens (tertiary/aromatic N) is 1. The minimum atomic E-state index is 0.350. The number of phenolic OH excluding ortho intramolecular Hbond substituents is 1. The van der Waals surface area contributed by atoms with Crippen molar-refractivity contribution in [2.24, 2.45) is 0 Å². The van der Waals surface area contributed by atoms with Crippen molar-refractivity contribution in [2.75, 3.05) is 19.6 Å². The van der Waals surface area contributed by atoms with Crippen LogP contribution in [0.3, 0.4) is 0 Å². The second-order valence-electron chi connectivity index (χ2n) is 6.43. The van der Waals surface area contributed by atoms with Gasteiger partial charge in [-0.1, -0.05) is 66.7 Å². The lowest BCUT2D eigenvalue weighted by atomic mass is 10.1. The smallest absolute Gasteiger partial charge is 0.123 e. The molecule has 25 heavy (non-hydrogen) atoms. The van der Waals surface area contributed by atoms with Crippen LogP contribution >= 0.6 is 0 Å². The van der Waals surface area contributed by atoms with Gasteiger partial charge in [0.05, 0.1) is 19.6 Å². The lowest BCUT2D eigenvalue weighted by Crippen LogP contribution is -2.46. The highest BCUT2D eigenvalue weighted by Crippen LogP contribution is 2.22. The number of aromatic hydroxyl groups is 1. The quantitative estimate of drug-likeness (QED) is 0.601. The van der Waals surface area contributed by atoms with Crippen molar-refractivity contribution in [3.05, 3.63) is 78.4 Å². The SMILES string of the molecule is CC[N+](CC)(CC)Cc1ccccc1.Oc1cccc2ccccc12. The fraction of sp³-hybridized carbons (Fsp3) is 0.304. The Morgan fingerprint density at radius 3 is 1.84 bits per heavy atom. The maximum atomic E-state index is 9.37. The van der Waals surface area contributed by atoms with E-state index in [4.69, 9.17) is 0 Å². The number of hydrogen-bond acceptors (Lipinski definition) is 1. The van der Waals surface area contributed by atoms with E-state index < -0.39 is 0 Å². The maximum Gasteiger partial charge on any atom is 0.123 e. The first kappa shape index (κ1) is 19.0. The van der Waals surface area contributed by atoms with E-state index >= 15 is 0 Å². The van der Waals surface area contributed by atoms with E-state index in [1.165, 1.54) is 36.2 Å². The predicted molar refractivity (Wildman–Crippen MR) is 108 cm³/mol. The second-order valence-corrected chi connectivity index (χ2v) is 6.43. The molecule has 0 saturated carbocycles. The summed E-state index contributed by atoms with van der Waals surface area (Å²) in [5.74, 6) is 0.350. The molecule has 0 fully saturated rings. The predicted octanol–water partition coefficient (Wildman–Crippen LogP) is 5.61. The minimum absolute atomic E-state index is 0.350. The van der Waals surface area contributed by atoms with Gasteiger partial charge >= 0.3 is 0 Å². The highest BCUT2D eigenvalue weighted by Gasteiger charge is 2.20. The van der Waals surface area contributed by atoms with Crippen LogP contribution in [0.5, 0.6) is 5.75 Å². The molecule has 0 amide bonds. The van der Waals surface area contributed by atoms with Crippen LogP contribution in [0.1, 0.15) is 26.3 Å². The van der Waals surface area contributed by atoms with Gasteiger partial charge < -0.3 is 9.59 Å². The lowest BCUT2D eigenvalue weighted by molar-refractivity contribution is -0.936. The fourth-order valence-electron chi connectivity index (χ4n) is 3.19. The maximum absolute atomic E-state index is 9.37. The first-order valence-corrected chi connectivity index (χ1v) is 9.20. The number of fused-ring (bicyclic) bond motifs is 1. The van der Waals surface area contributed by atoms with E-state index in [1.54, 1.807) is 6.07 Å². The number of phenols is 1. The topological polar surface area (TPSA) is 20.2 Å². The van der Waals surface area contributed by atoms with Crippen molar-refractivity contribution in [2.45, 2.75) is 27.3 Å². The van der Waals surface area contributed by atoms with Gasteiger partial charge in [0, 0.05) is 10.9 Å². The summed E-state index contributed by atoms with van der Waals surface area (Å²) >= 11 is 0. The monoisotopic (exact) mass is 336 g/mol. The third-order valence-corrected chi connectivity index (χ3v) is 5.14. The van der Waals surface area contributed by atoms with E-state index in [0.717, 1.165) is 10.8 Å². The molecular weight excluding hydrogens is 306 g/mol. The molecule has 2 nitrogen and oxygen atoms in total. The molecule has 0 bridgehead atoms. The van der Waals surface area contributed by atoms with Gasteiger partial charge in [-0.2, -0.15) is 0 Å². The molecule has 0 aliphatic rings. The van der Waals surface area contributed by atoms with E-state index in [9.17, 15) is 5.11 Å². The zero-order valence-corrected chi connectivity index (χ0v) is 15.7. The average molecular weight is 336 g/mol. The summed E-state index contributed by atoms with van der Waals surface area (Å²) in [5.41, 5.74) is 1.46. The van der Waals surface area contributed by atoms with Crippen LogP contribution in [0.4, 0.5) is 0 Å². The van der Waals surface area contributed by atoms with Crippen LogP contribution in [-0.4, -0.2) is 29.2 Å². The standard InChI is InChI=1S/C13H22N.C10H8O/c1-4-14(5-2,6-3)12-13-10-8-7-9-11-13;11-10-7-3-5-8-4-1-2-6-9(8)10/h7-11H,4-6,12H2,1-3H3;1-7,11H/q+1;. The summed E-state index contributed by atoms with van der Waals surface area (Å²) in [5, 5.41) is 11.4. The third-order valence-electron chi connectivity index (χ3n) is 5.14. The third kappa shape index (κ3) is 5.07. The highest BCUT2D eigenvalue weighted by molar-refractivity contribution is 5.87. The van der Waals surface area contributed by atoms with Crippen LogP contribution in [0.15, 0.2) is 72.8 Å². The summed E-state index contributed by atoms with van der Waals surface area (Å²) in [7, 11) is 0. The van der Waals surface area contributed by atoms with Crippen molar-refractivity contribution < 1.29 is 9.59 Å². The van der Waals surface area contributed by atoms with Crippen LogP contribution in [-0.2, 0) is 6.54 Å². The Balaban J connectivity index is 0.000000185. The number of quaternary nitrogens is 1. The molecule has 1 N–H and O–H groups in total. The van der Waals surface area contributed by atoms with Gasteiger partial charge in [-0.05, 0) is 32.2 Å². The average Bonchev–Trinajstić information content (AvgIpc) is 2.68. The molecule has 132 valence electrons. The molecule has 0 aliphatic carbocycles. The van der Waals surface area contributed by atoms with Gasteiger partial charge in [-0.3, -0.25) is 0 Å². The van der Waals surface area contributed by atoms with Gasteiger partial charge in [0.25, 0.3) is 0 Å². The molecule has 0 aromatic heterocycles. The first-order valence-electron chi connectivity index (χ1n) is 9.20. The molecule has 0 unspecified atom stereocenters. The van der Waals surface area contributed by atoms with E-state index in [2.05, 4.69) is 51.1 Å². The fourth-order valence-corrected chi connectivity index (χ4v) is 3.19. The molecule has 2 heteroatoms. The number of benzene rings is 3. The Hall–Kier alpha value is -2.32. The summed E-state index contributed by atoms with van der Waals surface area (Å²) in [6.07, 6.45) is 0. The molecule has 0 spiro atoms. The molecule has 0 heterocycles. The summed E-state index contributed by atoms with van der Waals surface area (Å²) in [4.78, 5) is 0. The normalized spacial score (nSPS) is 11.0. The lowest BCUT2D eigenvalue weighted by Gasteiger charge is -2.35. The van der Waals surface area contributed by atoms with Crippen molar-refractivity contribution in [1.82, 2.24) is 0 Å². The molecule has 0 radical (unpaired) electrons. The Morgan fingerprint density at radius 1 is 0.680 bits per heavy atom. The molecule has 0 aliphatic heterocycles. The Kier molecular flexibility index (Phi) is 7.03. The van der Waals surface area contributed by atoms with Crippen molar-refractivity contribution in [3.63, 3.8) is 0 Å². The summed E-state index contributed by atoms with van der Waals surface area (Å²) < 4.78 is 1.20. The van der Waals surface area contributed by atoms with Crippen LogP contribution in [0, 0.1) is 0 Å². The largest absolute Gasteiger partial charge is 0.507 e. The van der Waals surface area contributed by atoms with Crippen LogP contribution in [0.2, 0.25) is 0 Å². The van der Waals surface area contributed by atoms with Gasteiger partial charge in [-0.15, -0.1) is 0 Å². The van der Waals surface area contributed by atoms with Gasteiger partial charge in [0.2, 0.25) is 0 Å². The molecular formula is C23H30NO+. The molecule has 3 rings (SSSR count). The Morgan fingerprint density at radius 2 is 1.24 bits per heavy atom. The first-order chi connectivity index (χ1) is 12.1. The summed E-state index contributed by atoms with van der Waals surface area (Å²) in [6.45, 7) is 11.7. The van der Waals surface area contributed by atoms with E-state index in [-0.39, 0.29) is 0 Å². The highest BCUT2D eigenvalue weighted by atomic mass is 16.3. The zero-order valence-electron chi connectivity index (χ0n) is 15.7. The zero-order chi connectivity index (χ0) is 18.1. The van der Waals surface area contributed by atoms with Crippen molar-refractivity contribution >= 4 is 10.8 Å². The Bertz CT molecular complexity index is 750. The molecule has 0 atom stereocenters. The number of hydrogen-bond donors (Lipinski definition) is 1. The molecule has 3 aromatic rings. The summed E-state index contributed by atoms with van der Waals surface area (Å²) in [6, 6.07) is 24.1. The van der Waals surface area contributed by atoms with E-state index in [0.29, 0.717) is 5.75 Å². The van der Waals surface area contributed by atoms with E-state index in [1.807, 2.05) is 36.4 Å². The van der Waals surface area contributed by atoms with Crippen LogP contribution in [0.25, 0.3) is 10.8 Å².